The largest absolute Gasteiger partial charge is 0.390 e. The third-order valence-electron chi connectivity index (χ3n) is 6.80. The smallest absolute Gasteiger partial charge is 0.223 e. The van der Waals surface area contributed by atoms with E-state index >= 15 is 0 Å². The molecular formula is C22H32N2O2. The lowest BCUT2D eigenvalue weighted by atomic mass is 9.82. The molecule has 2 fully saturated rings. The summed E-state index contributed by atoms with van der Waals surface area (Å²) >= 11 is 0. The van der Waals surface area contributed by atoms with E-state index in [-0.39, 0.29) is 11.8 Å². The van der Waals surface area contributed by atoms with Gasteiger partial charge in [-0.1, -0.05) is 49.9 Å². The molecule has 4 heteroatoms. The molecule has 4 nitrogen and oxygen atoms in total. The zero-order valence-corrected chi connectivity index (χ0v) is 15.7. The molecule has 0 bridgehead atoms. The van der Waals surface area contributed by atoms with Crippen LogP contribution in [0.25, 0.3) is 0 Å². The number of β-amino-alcohol motifs (C(OH)–C–C–N with tert-alkyl or cyclic N) is 1. The van der Waals surface area contributed by atoms with Crippen LogP contribution < -0.4 is 5.32 Å². The molecule has 1 heterocycles. The maximum atomic E-state index is 12.5. The summed E-state index contributed by atoms with van der Waals surface area (Å²) in [5.41, 5.74) is 2.79. The Morgan fingerprint density at radius 1 is 1.15 bits per heavy atom. The summed E-state index contributed by atoms with van der Waals surface area (Å²) in [7, 11) is 0. The van der Waals surface area contributed by atoms with Crippen LogP contribution >= 0.6 is 0 Å². The van der Waals surface area contributed by atoms with Crippen LogP contribution in [0.2, 0.25) is 0 Å². The quantitative estimate of drug-likeness (QED) is 0.853. The molecule has 1 aliphatic heterocycles. The zero-order chi connectivity index (χ0) is 17.9. The lowest BCUT2D eigenvalue weighted by molar-refractivity contribution is -0.125. The minimum atomic E-state index is -0.493. The SMILES string of the molecule is O=C(NC[C@H](O)CN1CCc2ccccc2C1)C1C[C@H]2CCCC[C@H]2C1. The van der Waals surface area contributed by atoms with Crippen molar-refractivity contribution in [3.63, 3.8) is 0 Å². The Labute approximate surface area is 157 Å². The molecule has 0 aromatic heterocycles. The third kappa shape index (κ3) is 4.12. The minimum absolute atomic E-state index is 0.169. The topological polar surface area (TPSA) is 52.6 Å². The van der Waals surface area contributed by atoms with E-state index in [0.717, 1.165) is 44.2 Å². The first-order valence-electron chi connectivity index (χ1n) is 10.4. The molecule has 2 aliphatic carbocycles. The number of rotatable bonds is 5. The van der Waals surface area contributed by atoms with Crippen molar-refractivity contribution in [2.24, 2.45) is 17.8 Å². The number of aliphatic hydroxyl groups excluding tert-OH is 1. The van der Waals surface area contributed by atoms with Gasteiger partial charge in [0.1, 0.15) is 0 Å². The van der Waals surface area contributed by atoms with Crippen LogP contribution in [-0.4, -0.2) is 41.7 Å². The number of benzene rings is 1. The van der Waals surface area contributed by atoms with E-state index in [4.69, 9.17) is 0 Å². The number of fused-ring (bicyclic) bond motifs is 2. The molecule has 0 spiro atoms. The van der Waals surface area contributed by atoms with Gasteiger partial charge in [-0.25, -0.2) is 0 Å². The monoisotopic (exact) mass is 356 g/mol. The molecule has 0 saturated heterocycles. The molecule has 2 saturated carbocycles. The van der Waals surface area contributed by atoms with Gasteiger partial charge in [0.05, 0.1) is 6.10 Å². The highest BCUT2D eigenvalue weighted by Crippen LogP contribution is 2.45. The fourth-order valence-electron chi connectivity index (χ4n) is 5.38. The molecule has 0 radical (unpaired) electrons. The van der Waals surface area contributed by atoms with E-state index in [9.17, 15) is 9.90 Å². The molecule has 1 aromatic carbocycles. The van der Waals surface area contributed by atoms with Crippen LogP contribution in [0.15, 0.2) is 24.3 Å². The Balaban J connectivity index is 1.21. The summed E-state index contributed by atoms with van der Waals surface area (Å²) in [6, 6.07) is 8.55. The molecule has 4 rings (SSSR count). The van der Waals surface area contributed by atoms with E-state index in [1.54, 1.807) is 0 Å². The predicted octanol–water partition coefficient (Wildman–Crippen LogP) is 2.74. The molecule has 1 amide bonds. The number of amides is 1. The van der Waals surface area contributed by atoms with Crippen molar-refractivity contribution < 1.29 is 9.90 Å². The van der Waals surface area contributed by atoms with E-state index in [2.05, 4.69) is 34.5 Å². The summed E-state index contributed by atoms with van der Waals surface area (Å²) in [5, 5.41) is 13.4. The molecule has 4 atom stereocenters. The van der Waals surface area contributed by atoms with Crippen LogP contribution in [0.1, 0.15) is 49.7 Å². The lowest BCUT2D eigenvalue weighted by Gasteiger charge is -2.30. The Hall–Kier alpha value is -1.39. The van der Waals surface area contributed by atoms with Crippen molar-refractivity contribution in [2.45, 2.75) is 57.6 Å². The standard InChI is InChI=1S/C22H32N2O2/c25-21(15-24-10-9-16-5-1-4-8-19(16)14-24)13-23-22(26)20-11-17-6-2-3-7-18(17)12-20/h1,4-5,8,17-18,20-21,25H,2-3,6-7,9-15H2,(H,23,26)/t17-,18+,20?,21-/m0/s1. The molecule has 26 heavy (non-hydrogen) atoms. The number of carbonyl (C=O) groups is 1. The number of hydrogen-bond acceptors (Lipinski definition) is 3. The van der Waals surface area contributed by atoms with Crippen molar-refractivity contribution in [3.8, 4) is 0 Å². The van der Waals surface area contributed by atoms with Crippen LogP contribution in [0, 0.1) is 17.8 Å². The molecule has 2 N–H and O–H groups in total. The Morgan fingerprint density at radius 3 is 2.58 bits per heavy atom. The average Bonchev–Trinajstić information content (AvgIpc) is 3.10. The summed E-state index contributed by atoms with van der Waals surface area (Å²) in [5.74, 6) is 1.90. The summed E-state index contributed by atoms with van der Waals surface area (Å²) in [4.78, 5) is 14.8. The van der Waals surface area contributed by atoms with E-state index in [1.807, 2.05) is 0 Å². The van der Waals surface area contributed by atoms with Crippen LogP contribution in [0.3, 0.4) is 0 Å². The first-order chi connectivity index (χ1) is 12.7. The number of nitrogens with one attached hydrogen (secondary N) is 1. The van der Waals surface area contributed by atoms with Crippen LogP contribution in [-0.2, 0) is 17.8 Å². The molecular weight excluding hydrogens is 324 g/mol. The molecule has 1 unspecified atom stereocenters. The molecule has 1 aromatic rings. The first kappa shape index (κ1) is 18.0. The number of hydrogen-bond donors (Lipinski definition) is 2. The van der Waals surface area contributed by atoms with E-state index in [1.165, 1.54) is 36.8 Å². The van der Waals surface area contributed by atoms with Crippen LogP contribution in [0.4, 0.5) is 0 Å². The minimum Gasteiger partial charge on any atom is -0.390 e. The normalized spacial score (nSPS) is 29.7. The second kappa shape index (κ2) is 8.10. The predicted molar refractivity (Wildman–Crippen MR) is 103 cm³/mol. The van der Waals surface area contributed by atoms with Crippen LogP contribution in [0.5, 0.6) is 0 Å². The number of aliphatic hydroxyl groups is 1. The molecule has 142 valence electrons. The van der Waals surface area contributed by atoms with Crippen molar-refractivity contribution in [3.05, 3.63) is 35.4 Å². The molecule has 3 aliphatic rings. The zero-order valence-electron chi connectivity index (χ0n) is 15.7. The number of nitrogens with zero attached hydrogens (tertiary/aromatic N) is 1. The van der Waals surface area contributed by atoms with Gasteiger partial charge in [-0.2, -0.15) is 0 Å². The van der Waals surface area contributed by atoms with Gasteiger partial charge in [-0.3, -0.25) is 9.69 Å². The van der Waals surface area contributed by atoms with Crippen molar-refractivity contribution in [2.75, 3.05) is 19.6 Å². The summed E-state index contributed by atoms with van der Waals surface area (Å²) in [6.45, 7) is 2.88. The van der Waals surface area contributed by atoms with E-state index in [0.29, 0.717) is 13.1 Å². The lowest BCUT2D eigenvalue weighted by Crippen LogP contribution is -2.43. The van der Waals surface area contributed by atoms with Gasteiger partial charge in [0.15, 0.2) is 0 Å². The Morgan fingerprint density at radius 2 is 1.85 bits per heavy atom. The highest BCUT2D eigenvalue weighted by molar-refractivity contribution is 5.79. The van der Waals surface area contributed by atoms with Gasteiger partial charge < -0.3 is 10.4 Å². The van der Waals surface area contributed by atoms with Crippen molar-refractivity contribution in [1.29, 1.82) is 0 Å². The fraction of sp³-hybridized carbons (Fsp3) is 0.682. The van der Waals surface area contributed by atoms with Gasteiger partial charge in [0.2, 0.25) is 5.91 Å². The van der Waals surface area contributed by atoms with Gasteiger partial charge in [0, 0.05) is 32.1 Å². The Bertz CT molecular complexity index is 618. The van der Waals surface area contributed by atoms with Gasteiger partial charge in [-0.05, 0) is 42.2 Å². The Kier molecular flexibility index (Phi) is 5.60. The van der Waals surface area contributed by atoms with Crippen molar-refractivity contribution >= 4 is 5.91 Å². The highest BCUT2D eigenvalue weighted by atomic mass is 16.3. The van der Waals surface area contributed by atoms with E-state index < -0.39 is 6.10 Å². The van der Waals surface area contributed by atoms with Gasteiger partial charge in [0.25, 0.3) is 0 Å². The second-order valence-electron chi connectivity index (χ2n) is 8.63. The highest BCUT2D eigenvalue weighted by Gasteiger charge is 2.38. The van der Waals surface area contributed by atoms with Gasteiger partial charge >= 0.3 is 0 Å². The first-order valence-corrected chi connectivity index (χ1v) is 10.4. The maximum absolute atomic E-state index is 12.5. The summed E-state index contributed by atoms with van der Waals surface area (Å²) < 4.78 is 0. The van der Waals surface area contributed by atoms with Crippen molar-refractivity contribution in [1.82, 2.24) is 10.2 Å². The summed E-state index contributed by atoms with van der Waals surface area (Å²) in [6.07, 6.45) is 7.99. The fourth-order valence-corrected chi connectivity index (χ4v) is 5.38. The maximum Gasteiger partial charge on any atom is 0.223 e. The second-order valence-corrected chi connectivity index (χ2v) is 8.63. The average molecular weight is 357 g/mol. The number of carbonyl (C=O) groups excluding carboxylic acids is 1. The third-order valence-corrected chi connectivity index (χ3v) is 6.80. The van der Waals surface area contributed by atoms with Gasteiger partial charge in [-0.15, -0.1) is 0 Å².